The summed E-state index contributed by atoms with van der Waals surface area (Å²) in [6.45, 7) is 5.01. The fraction of sp³-hybridized carbons (Fsp3) is 0.350. The lowest BCUT2D eigenvalue weighted by atomic mass is 9.84. The Kier molecular flexibility index (Phi) is 4.86. The van der Waals surface area contributed by atoms with E-state index in [2.05, 4.69) is 29.2 Å². The van der Waals surface area contributed by atoms with Crippen molar-refractivity contribution in [1.29, 1.82) is 0 Å². The van der Waals surface area contributed by atoms with Gasteiger partial charge in [-0.15, -0.1) is 0 Å². The van der Waals surface area contributed by atoms with Crippen LogP contribution in [0.25, 0.3) is 0 Å². The zero-order valence-corrected chi connectivity index (χ0v) is 14.0. The number of nitrogens with zero attached hydrogens (tertiary/aromatic N) is 1. The molecule has 0 aromatic heterocycles. The molecule has 3 N–H and O–H groups in total. The number of benzene rings is 2. The van der Waals surface area contributed by atoms with Crippen LogP contribution in [0.2, 0.25) is 0 Å². The average molecular weight is 324 g/mol. The number of piperidine rings is 1. The molecule has 1 heterocycles. The van der Waals surface area contributed by atoms with E-state index in [1.807, 2.05) is 19.1 Å². The van der Waals surface area contributed by atoms with Crippen LogP contribution >= 0.6 is 0 Å². The molecule has 1 saturated heterocycles. The molecule has 2 aromatic rings. The predicted octanol–water partition coefficient (Wildman–Crippen LogP) is 3.66. The number of aryl methyl sites for hydroxylation is 1. The lowest BCUT2D eigenvalue weighted by Gasteiger charge is -2.33. The van der Waals surface area contributed by atoms with Crippen LogP contribution in [0.15, 0.2) is 42.5 Å². The second kappa shape index (κ2) is 7.05. The zero-order valence-electron chi connectivity index (χ0n) is 14.0. The first-order chi connectivity index (χ1) is 11.6. The molecule has 2 aromatic carbocycles. The van der Waals surface area contributed by atoms with Crippen molar-refractivity contribution in [2.24, 2.45) is 0 Å². The maximum absolute atomic E-state index is 11.3. The van der Waals surface area contributed by atoms with Gasteiger partial charge in [0.2, 0.25) is 0 Å². The van der Waals surface area contributed by atoms with E-state index in [0.29, 0.717) is 11.6 Å². The number of nitrogens with two attached hydrogens (primary N) is 1. The van der Waals surface area contributed by atoms with Crippen LogP contribution in [0.5, 0.6) is 0 Å². The summed E-state index contributed by atoms with van der Waals surface area (Å²) >= 11 is 0. The van der Waals surface area contributed by atoms with E-state index >= 15 is 0 Å². The van der Waals surface area contributed by atoms with Crippen LogP contribution in [0.3, 0.4) is 0 Å². The second-order valence-electron chi connectivity index (χ2n) is 6.60. The van der Waals surface area contributed by atoms with E-state index < -0.39 is 5.97 Å². The van der Waals surface area contributed by atoms with Crippen molar-refractivity contribution in [3.8, 4) is 0 Å². The Balaban J connectivity index is 1.71. The fourth-order valence-corrected chi connectivity index (χ4v) is 3.70. The first kappa shape index (κ1) is 16.5. The topological polar surface area (TPSA) is 66.6 Å². The largest absolute Gasteiger partial charge is 0.478 e. The van der Waals surface area contributed by atoms with E-state index in [9.17, 15) is 9.90 Å². The zero-order chi connectivity index (χ0) is 17.1. The third-order valence-electron chi connectivity index (χ3n) is 4.98. The Morgan fingerprint density at radius 3 is 2.46 bits per heavy atom. The fourth-order valence-electron chi connectivity index (χ4n) is 3.70. The summed E-state index contributed by atoms with van der Waals surface area (Å²) in [5.74, 6) is -0.605. The molecule has 0 radical (unpaired) electrons. The van der Waals surface area contributed by atoms with Crippen LogP contribution in [-0.4, -0.2) is 29.1 Å². The lowest BCUT2D eigenvalue weighted by Crippen LogP contribution is -2.33. The quantitative estimate of drug-likeness (QED) is 0.842. The lowest BCUT2D eigenvalue weighted by molar-refractivity contribution is 0.0698. The van der Waals surface area contributed by atoms with Gasteiger partial charge in [-0.1, -0.05) is 36.4 Å². The van der Waals surface area contributed by atoms with Crippen LogP contribution in [0.4, 0.5) is 5.69 Å². The Morgan fingerprint density at radius 1 is 1.17 bits per heavy atom. The normalized spacial score (nSPS) is 16.2. The second-order valence-corrected chi connectivity index (χ2v) is 6.60. The van der Waals surface area contributed by atoms with Gasteiger partial charge < -0.3 is 10.8 Å². The highest BCUT2D eigenvalue weighted by molar-refractivity contribution is 5.94. The standard InChI is InChI=1S/C20H24N2O2/c1-14-7-8-17(20(23)24)19(21)18(14)16-9-11-22(12-10-16)13-15-5-3-2-4-6-15/h2-8,16H,9-13,21H2,1H3,(H,23,24). The summed E-state index contributed by atoms with van der Waals surface area (Å²) in [5, 5.41) is 9.30. The molecule has 0 unspecified atom stereocenters. The van der Waals surface area contributed by atoms with Gasteiger partial charge in [-0.25, -0.2) is 4.79 Å². The Morgan fingerprint density at radius 2 is 1.83 bits per heavy atom. The summed E-state index contributed by atoms with van der Waals surface area (Å²) in [6, 6.07) is 14.0. The van der Waals surface area contributed by atoms with E-state index in [1.165, 1.54) is 5.56 Å². The van der Waals surface area contributed by atoms with E-state index in [1.54, 1.807) is 6.07 Å². The molecule has 4 heteroatoms. The van der Waals surface area contributed by atoms with Crippen LogP contribution in [-0.2, 0) is 6.54 Å². The summed E-state index contributed by atoms with van der Waals surface area (Å²) in [5.41, 5.74) is 10.3. The molecule has 0 aliphatic carbocycles. The van der Waals surface area contributed by atoms with E-state index in [0.717, 1.165) is 43.6 Å². The molecule has 3 rings (SSSR count). The third kappa shape index (κ3) is 3.44. The van der Waals surface area contributed by atoms with Gasteiger partial charge in [-0.05, 0) is 61.5 Å². The van der Waals surface area contributed by atoms with Gasteiger partial charge in [0.1, 0.15) is 0 Å². The number of carboxylic acids is 1. The Bertz CT molecular complexity index is 720. The maximum Gasteiger partial charge on any atom is 0.337 e. The minimum atomic E-state index is -0.949. The summed E-state index contributed by atoms with van der Waals surface area (Å²) in [7, 11) is 0. The van der Waals surface area contributed by atoms with Gasteiger partial charge >= 0.3 is 5.97 Å². The monoisotopic (exact) mass is 324 g/mol. The first-order valence-electron chi connectivity index (χ1n) is 8.45. The van der Waals surface area contributed by atoms with E-state index in [4.69, 9.17) is 5.73 Å². The molecule has 0 amide bonds. The smallest absolute Gasteiger partial charge is 0.337 e. The number of likely N-dealkylation sites (tertiary alicyclic amines) is 1. The highest BCUT2D eigenvalue weighted by Crippen LogP contribution is 2.36. The number of anilines is 1. The number of carboxylic acid groups (broad SMARTS) is 1. The summed E-state index contributed by atoms with van der Waals surface area (Å²) in [6.07, 6.45) is 2.03. The number of aromatic carboxylic acids is 1. The van der Waals surface area contributed by atoms with Gasteiger partial charge in [-0.3, -0.25) is 4.90 Å². The minimum absolute atomic E-state index is 0.224. The van der Waals surface area contributed by atoms with Crippen LogP contribution in [0.1, 0.15) is 45.8 Å². The molecule has 0 saturated carbocycles. The van der Waals surface area contributed by atoms with E-state index in [-0.39, 0.29) is 5.56 Å². The third-order valence-corrected chi connectivity index (χ3v) is 4.98. The maximum atomic E-state index is 11.3. The van der Waals surface area contributed by atoms with Crippen LogP contribution in [0, 0.1) is 6.92 Å². The summed E-state index contributed by atoms with van der Waals surface area (Å²) in [4.78, 5) is 13.8. The van der Waals surface area contributed by atoms with Crippen molar-refractivity contribution in [2.45, 2.75) is 32.2 Å². The Hall–Kier alpha value is -2.33. The van der Waals surface area contributed by atoms with Crippen molar-refractivity contribution in [3.63, 3.8) is 0 Å². The van der Waals surface area contributed by atoms with Crippen molar-refractivity contribution in [1.82, 2.24) is 4.90 Å². The Labute approximate surface area is 142 Å². The number of rotatable bonds is 4. The highest BCUT2D eigenvalue weighted by atomic mass is 16.4. The average Bonchev–Trinajstić information content (AvgIpc) is 2.57. The molecule has 1 fully saturated rings. The molecule has 0 spiro atoms. The van der Waals surface area contributed by atoms with Crippen molar-refractivity contribution < 1.29 is 9.90 Å². The van der Waals surface area contributed by atoms with Crippen molar-refractivity contribution >= 4 is 11.7 Å². The molecule has 1 aliphatic rings. The van der Waals surface area contributed by atoms with Gasteiger partial charge in [0.15, 0.2) is 0 Å². The summed E-state index contributed by atoms with van der Waals surface area (Å²) < 4.78 is 0. The molecular formula is C20H24N2O2. The number of carbonyl (C=O) groups is 1. The number of nitrogen functional groups attached to an aromatic ring is 1. The number of hydrogen-bond acceptors (Lipinski definition) is 3. The molecule has 4 nitrogen and oxygen atoms in total. The first-order valence-corrected chi connectivity index (χ1v) is 8.45. The number of hydrogen-bond donors (Lipinski definition) is 2. The van der Waals surface area contributed by atoms with Gasteiger partial charge in [0.25, 0.3) is 0 Å². The molecule has 0 bridgehead atoms. The van der Waals surface area contributed by atoms with Crippen LogP contribution < -0.4 is 5.73 Å². The molecule has 24 heavy (non-hydrogen) atoms. The highest BCUT2D eigenvalue weighted by Gasteiger charge is 2.25. The molecule has 0 atom stereocenters. The predicted molar refractivity (Wildman–Crippen MR) is 96.2 cm³/mol. The van der Waals surface area contributed by atoms with Gasteiger partial charge in [0.05, 0.1) is 5.56 Å². The molecular weight excluding hydrogens is 300 g/mol. The SMILES string of the molecule is Cc1ccc(C(=O)O)c(N)c1C1CCN(Cc2ccccc2)CC1. The van der Waals surface area contributed by atoms with Gasteiger partial charge in [0, 0.05) is 12.2 Å². The van der Waals surface area contributed by atoms with Crippen molar-refractivity contribution in [3.05, 3.63) is 64.7 Å². The minimum Gasteiger partial charge on any atom is -0.478 e. The van der Waals surface area contributed by atoms with Gasteiger partial charge in [-0.2, -0.15) is 0 Å². The molecule has 126 valence electrons. The molecule has 1 aliphatic heterocycles. The van der Waals surface area contributed by atoms with Crippen molar-refractivity contribution in [2.75, 3.05) is 18.8 Å².